The second-order valence-electron chi connectivity index (χ2n) is 18.8. The number of fused-ring (bicyclic) bond motifs is 11. The number of hydrogen-bond donors (Lipinski definition) is 0. The van der Waals surface area contributed by atoms with Gasteiger partial charge >= 0.3 is 0 Å². The van der Waals surface area contributed by atoms with Crippen molar-refractivity contribution in [3.05, 3.63) is 231 Å². The van der Waals surface area contributed by atoms with Crippen molar-refractivity contribution in [1.29, 1.82) is 0 Å². The van der Waals surface area contributed by atoms with E-state index in [-0.39, 0.29) is 6.71 Å². The summed E-state index contributed by atoms with van der Waals surface area (Å²) < 4.78 is 5.24. The molecule has 68 heavy (non-hydrogen) atoms. The molecule has 4 heterocycles. The molecule has 2 aliphatic heterocycles. The molecule has 0 saturated carbocycles. The van der Waals surface area contributed by atoms with Crippen LogP contribution in [0.15, 0.2) is 231 Å². The van der Waals surface area contributed by atoms with Gasteiger partial charge in [-0.05, 0) is 120 Å². The number of rotatable bonds is 5. The third-order valence-corrected chi connectivity index (χ3v) is 15.4. The van der Waals surface area contributed by atoms with Gasteiger partial charge in [0.05, 0.1) is 22.2 Å². The van der Waals surface area contributed by atoms with Crippen LogP contribution in [0, 0.1) is 0 Å². The third-order valence-electron chi connectivity index (χ3n) is 15.4. The van der Waals surface area contributed by atoms with Crippen LogP contribution in [0.5, 0.6) is 0 Å². The molecule has 2 aromatic heterocycles. The van der Waals surface area contributed by atoms with Gasteiger partial charge in [0, 0.05) is 49.8 Å². The van der Waals surface area contributed by atoms with E-state index in [2.05, 4.69) is 245 Å². The molecule has 4 heteroatoms. The molecule has 0 amide bonds. The van der Waals surface area contributed by atoms with Gasteiger partial charge in [-0.2, -0.15) is 0 Å². The Hall–Kier alpha value is -8.86. The van der Waals surface area contributed by atoms with E-state index in [0.29, 0.717) is 0 Å². The van der Waals surface area contributed by atoms with E-state index in [9.17, 15) is 0 Å². The molecule has 312 valence electrons. The Balaban J connectivity index is 1.05. The first-order valence-corrected chi connectivity index (χ1v) is 23.7. The standard InChI is InChI=1S/C64H38BN3/c1-3-13-39(14-4-1)41-25-30-44(31-26-41)66(45-32-27-42(28-33-45)40-15-5-2-6-16-40)46-37-57-62-58(38-46)68-56-36-29-43-17-11-21-50-47-18-7-8-19-48(47)51-34-35-54(64(68)60(51)61(56)59(43)50)65(62)53-23-12-22-52-49-20-9-10-24-55(49)67(57)63(52)53/h1-38H. The van der Waals surface area contributed by atoms with Gasteiger partial charge in [0.15, 0.2) is 0 Å². The Morgan fingerprint density at radius 2 is 0.868 bits per heavy atom. The predicted octanol–water partition coefficient (Wildman–Crippen LogP) is 14.6. The summed E-state index contributed by atoms with van der Waals surface area (Å²) in [6.07, 6.45) is 0. The fraction of sp³-hybridized carbons (Fsp3) is 0. The first-order chi connectivity index (χ1) is 33.8. The van der Waals surface area contributed by atoms with Crippen LogP contribution in [0.2, 0.25) is 0 Å². The van der Waals surface area contributed by atoms with Gasteiger partial charge in [-0.15, -0.1) is 0 Å². The maximum atomic E-state index is 2.65. The Labute approximate surface area is 393 Å². The zero-order valence-electron chi connectivity index (χ0n) is 36.9. The third kappa shape index (κ3) is 4.73. The fourth-order valence-corrected chi connectivity index (χ4v) is 12.6. The summed E-state index contributed by atoms with van der Waals surface area (Å²) in [5.41, 5.74) is 24.9. The van der Waals surface area contributed by atoms with Crippen molar-refractivity contribution in [2.75, 3.05) is 4.90 Å². The summed E-state index contributed by atoms with van der Waals surface area (Å²) in [4.78, 5) is 2.47. The van der Waals surface area contributed by atoms with Crippen LogP contribution in [-0.2, 0) is 0 Å². The highest BCUT2D eigenvalue weighted by Gasteiger charge is 2.42. The van der Waals surface area contributed by atoms with Gasteiger partial charge in [-0.25, -0.2) is 0 Å². The molecule has 16 rings (SSSR count). The van der Waals surface area contributed by atoms with E-state index in [1.807, 2.05) is 0 Å². The average Bonchev–Trinajstić information content (AvgIpc) is 3.90. The number of anilines is 3. The highest BCUT2D eigenvalue weighted by Crippen LogP contribution is 2.51. The van der Waals surface area contributed by atoms with Gasteiger partial charge in [0.1, 0.15) is 0 Å². The van der Waals surface area contributed by atoms with Gasteiger partial charge in [-0.1, -0.05) is 182 Å². The SMILES string of the molecule is c1ccc(-c2ccc(N(c3ccc(-c4ccccc4)cc3)c3cc4c5c(c3)-n3c6ccc7cccc8c7c6c6c(ccc(c63)B5c3cccc5c6ccccc6n-4c35)-c3ccccc3-8)cc2)cc1. The normalized spacial score (nSPS) is 12.7. The quantitative estimate of drug-likeness (QED) is 0.157. The van der Waals surface area contributed by atoms with E-state index < -0.39 is 0 Å². The average molecular weight is 860 g/mol. The van der Waals surface area contributed by atoms with Gasteiger partial charge in [0.2, 0.25) is 0 Å². The summed E-state index contributed by atoms with van der Waals surface area (Å²) in [5, 5.41) is 7.86. The molecule has 3 aliphatic rings. The maximum Gasteiger partial charge on any atom is 0.252 e. The number of nitrogens with zero attached hydrogens (tertiary/aromatic N) is 3. The Bertz CT molecular complexity index is 4210. The number of hydrogen-bond acceptors (Lipinski definition) is 1. The van der Waals surface area contributed by atoms with Crippen LogP contribution >= 0.6 is 0 Å². The molecule has 0 radical (unpaired) electrons. The summed E-state index contributed by atoms with van der Waals surface area (Å²) in [6, 6.07) is 86.2. The van der Waals surface area contributed by atoms with Crippen molar-refractivity contribution >= 4 is 94.5 Å². The zero-order chi connectivity index (χ0) is 44.2. The number of para-hydroxylation sites is 2. The minimum Gasteiger partial charge on any atom is -0.310 e. The molecule has 0 spiro atoms. The number of aromatic nitrogens is 2. The molecule has 0 saturated heterocycles. The van der Waals surface area contributed by atoms with Crippen LogP contribution in [0.1, 0.15) is 0 Å². The predicted molar refractivity (Wildman–Crippen MR) is 287 cm³/mol. The second kappa shape index (κ2) is 13.4. The summed E-state index contributed by atoms with van der Waals surface area (Å²) in [5.74, 6) is 0. The highest BCUT2D eigenvalue weighted by molar-refractivity contribution is 7.00. The highest BCUT2D eigenvalue weighted by atomic mass is 15.2. The minimum absolute atomic E-state index is 0.0217. The molecule has 0 fully saturated rings. The van der Waals surface area contributed by atoms with E-state index in [4.69, 9.17) is 0 Å². The lowest BCUT2D eigenvalue weighted by Gasteiger charge is -2.36. The van der Waals surface area contributed by atoms with Gasteiger partial charge in [-0.3, -0.25) is 0 Å². The molecule has 0 N–H and O–H groups in total. The van der Waals surface area contributed by atoms with Crippen molar-refractivity contribution in [2.45, 2.75) is 0 Å². The topological polar surface area (TPSA) is 13.1 Å². The molecular weight excluding hydrogens is 822 g/mol. The van der Waals surface area contributed by atoms with Crippen molar-refractivity contribution in [1.82, 2.24) is 9.13 Å². The molecule has 0 unspecified atom stereocenters. The lowest BCUT2D eigenvalue weighted by atomic mass is 9.34. The van der Waals surface area contributed by atoms with E-state index >= 15 is 0 Å². The molecular formula is C64H38BN3. The molecule has 0 bridgehead atoms. The van der Waals surface area contributed by atoms with Crippen LogP contribution in [0.3, 0.4) is 0 Å². The van der Waals surface area contributed by atoms with E-state index in [1.54, 1.807) is 0 Å². The molecule has 13 aromatic rings. The molecule has 0 atom stereocenters. The molecule has 3 nitrogen and oxygen atoms in total. The van der Waals surface area contributed by atoms with Crippen molar-refractivity contribution < 1.29 is 0 Å². The van der Waals surface area contributed by atoms with Crippen molar-refractivity contribution in [3.8, 4) is 55.9 Å². The van der Waals surface area contributed by atoms with E-state index in [1.165, 1.54) is 127 Å². The first-order valence-electron chi connectivity index (χ1n) is 23.7. The van der Waals surface area contributed by atoms with Crippen LogP contribution in [0.4, 0.5) is 17.1 Å². The minimum atomic E-state index is 0.0217. The zero-order valence-corrected chi connectivity index (χ0v) is 36.9. The van der Waals surface area contributed by atoms with Crippen LogP contribution < -0.4 is 21.3 Å². The number of benzene rings is 11. The van der Waals surface area contributed by atoms with Gasteiger partial charge in [0.25, 0.3) is 6.71 Å². The van der Waals surface area contributed by atoms with E-state index in [0.717, 1.165) is 17.1 Å². The van der Waals surface area contributed by atoms with Gasteiger partial charge < -0.3 is 14.0 Å². The molecule has 11 aromatic carbocycles. The Morgan fingerprint density at radius 1 is 0.324 bits per heavy atom. The summed E-state index contributed by atoms with van der Waals surface area (Å²) >= 11 is 0. The first kappa shape index (κ1) is 36.4. The van der Waals surface area contributed by atoms with Crippen molar-refractivity contribution in [3.63, 3.8) is 0 Å². The van der Waals surface area contributed by atoms with Crippen LogP contribution in [0.25, 0.3) is 110 Å². The van der Waals surface area contributed by atoms with Crippen molar-refractivity contribution in [2.24, 2.45) is 0 Å². The largest absolute Gasteiger partial charge is 0.310 e. The Morgan fingerprint density at radius 3 is 1.56 bits per heavy atom. The lowest BCUT2D eigenvalue weighted by molar-refractivity contribution is 1.13. The monoisotopic (exact) mass is 859 g/mol. The maximum absolute atomic E-state index is 2.65. The Kier molecular flexibility index (Phi) is 7.15. The smallest absolute Gasteiger partial charge is 0.252 e. The van der Waals surface area contributed by atoms with Crippen LogP contribution in [-0.4, -0.2) is 15.8 Å². The second-order valence-corrected chi connectivity index (χ2v) is 18.8. The lowest BCUT2D eigenvalue weighted by Crippen LogP contribution is -2.59. The fourth-order valence-electron chi connectivity index (χ4n) is 12.6. The summed E-state index contributed by atoms with van der Waals surface area (Å²) in [6.45, 7) is 0.0217. The summed E-state index contributed by atoms with van der Waals surface area (Å²) in [7, 11) is 0. The molecule has 1 aliphatic carbocycles.